The van der Waals surface area contributed by atoms with Crippen LogP contribution in [-0.4, -0.2) is 15.2 Å². The van der Waals surface area contributed by atoms with E-state index in [1.54, 1.807) is 29.7 Å². The highest BCUT2D eigenvalue weighted by Gasteiger charge is 2.12. The van der Waals surface area contributed by atoms with E-state index in [-0.39, 0.29) is 0 Å². The highest BCUT2D eigenvalue weighted by atomic mass is 32.2. The lowest BCUT2D eigenvalue weighted by Crippen LogP contribution is -1.95. The van der Waals surface area contributed by atoms with Crippen LogP contribution in [-0.2, 0) is 12.4 Å². The first kappa shape index (κ1) is 16.9. The van der Waals surface area contributed by atoms with Gasteiger partial charge in [-0.2, -0.15) is 0 Å². The molecule has 0 saturated heterocycles. The van der Waals surface area contributed by atoms with Crippen LogP contribution in [0.1, 0.15) is 16.3 Å². The summed E-state index contributed by atoms with van der Waals surface area (Å²) in [5.74, 6) is 2.44. The minimum Gasteiger partial charge on any atom is -0.486 e. The Morgan fingerprint density at radius 2 is 2.04 bits per heavy atom. The van der Waals surface area contributed by atoms with Crippen LogP contribution in [0.5, 0.6) is 5.75 Å². The third kappa shape index (κ3) is 4.14. The number of thioether (sulfide) groups is 1. The summed E-state index contributed by atoms with van der Waals surface area (Å²) in [5.41, 5.74) is 2.17. The number of aryl methyl sites for hydroxylation is 1. The third-order valence-electron chi connectivity index (χ3n) is 3.46. The molecule has 132 valence electrons. The fourth-order valence-electron chi connectivity index (χ4n) is 2.16. The molecule has 0 amide bonds. The summed E-state index contributed by atoms with van der Waals surface area (Å²) in [6.45, 7) is 2.51. The Hall–Kier alpha value is -2.58. The Morgan fingerprint density at radius 3 is 2.85 bits per heavy atom. The Balaban J connectivity index is 1.30. The number of rotatable bonds is 7. The number of hydrogen-bond donors (Lipinski definition) is 0. The molecule has 3 aromatic heterocycles. The maximum Gasteiger partial charge on any atom is 0.284 e. The summed E-state index contributed by atoms with van der Waals surface area (Å²) in [5, 5.41) is 11.4. The molecule has 0 fully saturated rings. The normalized spacial score (nSPS) is 11.0. The molecule has 0 N–H and O–H groups in total. The molecule has 0 atom stereocenters. The van der Waals surface area contributed by atoms with E-state index in [0.717, 1.165) is 16.5 Å². The van der Waals surface area contributed by atoms with Gasteiger partial charge in [0.15, 0.2) is 5.76 Å². The minimum absolute atomic E-state index is 0.378. The number of ether oxygens (including phenoxy) is 1. The van der Waals surface area contributed by atoms with Crippen LogP contribution >= 0.6 is 23.1 Å². The topological polar surface area (TPSA) is 74.2 Å². The van der Waals surface area contributed by atoms with Gasteiger partial charge in [0.05, 0.1) is 12.0 Å². The van der Waals surface area contributed by atoms with E-state index in [1.165, 1.54) is 17.3 Å². The zero-order valence-electron chi connectivity index (χ0n) is 13.9. The van der Waals surface area contributed by atoms with E-state index in [4.69, 9.17) is 13.6 Å². The number of hydrogen-bond acceptors (Lipinski definition) is 8. The van der Waals surface area contributed by atoms with Gasteiger partial charge < -0.3 is 13.6 Å². The maximum atomic E-state index is 5.76. The smallest absolute Gasteiger partial charge is 0.284 e. The van der Waals surface area contributed by atoms with Gasteiger partial charge in [0.1, 0.15) is 17.4 Å². The summed E-state index contributed by atoms with van der Waals surface area (Å²) in [7, 11) is 0. The van der Waals surface area contributed by atoms with E-state index < -0.39 is 0 Å². The van der Waals surface area contributed by atoms with Crippen molar-refractivity contribution in [1.82, 2.24) is 15.2 Å². The van der Waals surface area contributed by atoms with Gasteiger partial charge in [-0.25, -0.2) is 4.98 Å². The van der Waals surface area contributed by atoms with Crippen molar-refractivity contribution in [3.8, 4) is 17.4 Å². The predicted molar refractivity (Wildman–Crippen MR) is 99.2 cm³/mol. The van der Waals surface area contributed by atoms with Crippen molar-refractivity contribution >= 4 is 23.1 Å². The molecule has 26 heavy (non-hydrogen) atoms. The molecule has 1 aromatic carbocycles. The predicted octanol–water partition coefficient (Wildman–Crippen LogP) is 4.97. The molecule has 3 heterocycles. The standard InChI is InChI=1S/C18H15N3O3S2/c1-12-4-6-14(7-5-12)23-9-16-19-13(10-25-16)11-26-18-21-20-17(24-18)15-3-2-8-22-15/h2-8,10H,9,11H2,1H3. The minimum atomic E-state index is 0.378. The second-order valence-corrected chi connectivity index (χ2v) is 7.34. The third-order valence-corrected chi connectivity index (χ3v) is 5.19. The van der Waals surface area contributed by atoms with Gasteiger partial charge >= 0.3 is 0 Å². The van der Waals surface area contributed by atoms with Crippen LogP contribution < -0.4 is 4.74 Å². The summed E-state index contributed by atoms with van der Waals surface area (Å²) in [6, 6.07) is 11.5. The number of thiazole rings is 1. The van der Waals surface area contributed by atoms with E-state index in [0.29, 0.717) is 29.2 Å². The Morgan fingerprint density at radius 1 is 1.15 bits per heavy atom. The fourth-order valence-corrected chi connectivity index (χ4v) is 3.63. The highest BCUT2D eigenvalue weighted by Crippen LogP contribution is 2.26. The van der Waals surface area contributed by atoms with Gasteiger partial charge in [-0.05, 0) is 31.2 Å². The molecule has 4 aromatic rings. The van der Waals surface area contributed by atoms with Crippen molar-refractivity contribution in [2.24, 2.45) is 0 Å². The number of furan rings is 1. The van der Waals surface area contributed by atoms with Gasteiger partial charge in [-0.1, -0.05) is 29.5 Å². The fraction of sp³-hybridized carbons (Fsp3) is 0.167. The number of nitrogens with zero attached hydrogens (tertiary/aromatic N) is 3. The quantitative estimate of drug-likeness (QED) is 0.416. The van der Waals surface area contributed by atoms with E-state index in [2.05, 4.69) is 22.1 Å². The van der Waals surface area contributed by atoms with E-state index in [1.807, 2.05) is 29.6 Å². The van der Waals surface area contributed by atoms with Crippen molar-refractivity contribution in [2.75, 3.05) is 0 Å². The molecule has 0 spiro atoms. The molecule has 8 heteroatoms. The SMILES string of the molecule is Cc1ccc(OCc2nc(CSc3nnc(-c4ccco4)o3)cs2)cc1. The van der Waals surface area contributed by atoms with Crippen LogP contribution in [0, 0.1) is 6.92 Å². The average Bonchev–Trinajstić information content (AvgIpc) is 3.40. The van der Waals surface area contributed by atoms with Crippen LogP contribution in [0.4, 0.5) is 0 Å². The summed E-state index contributed by atoms with van der Waals surface area (Å²) in [6.07, 6.45) is 1.57. The second kappa shape index (κ2) is 7.76. The molecule has 0 aliphatic heterocycles. The van der Waals surface area contributed by atoms with Crippen molar-refractivity contribution in [2.45, 2.75) is 24.5 Å². The number of benzene rings is 1. The van der Waals surface area contributed by atoms with E-state index in [9.17, 15) is 0 Å². The largest absolute Gasteiger partial charge is 0.486 e. The molecule has 0 aliphatic rings. The highest BCUT2D eigenvalue weighted by molar-refractivity contribution is 7.98. The Labute approximate surface area is 158 Å². The lowest BCUT2D eigenvalue weighted by molar-refractivity contribution is 0.305. The van der Waals surface area contributed by atoms with Crippen LogP contribution in [0.3, 0.4) is 0 Å². The first-order valence-electron chi connectivity index (χ1n) is 7.89. The average molecular weight is 385 g/mol. The maximum absolute atomic E-state index is 5.76. The molecular formula is C18H15N3O3S2. The first-order valence-corrected chi connectivity index (χ1v) is 9.76. The van der Waals surface area contributed by atoms with Crippen molar-refractivity contribution in [3.63, 3.8) is 0 Å². The summed E-state index contributed by atoms with van der Waals surface area (Å²) < 4.78 is 16.6. The summed E-state index contributed by atoms with van der Waals surface area (Å²) in [4.78, 5) is 4.58. The van der Waals surface area contributed by atoms with E-state index >= 15 is 0 Å². The molecule has 0 aliphatic carbocycles. The Bertz CT molecular complexity index is 962. The summed E-state index contributed by atoms with van der Waals surface area (Å²) >= 11 is 3.02. The van der Waals surface area contributed by atoms with Gasteiger partial charge in [-0.3, -0.25) is 0 Å². The zero-order chi connectivity index (χ0) is 17.8. The zero-order valence-corrected chi connectivity index (χ0v) is 15.5. The molecule has 4 rings (SSSR count). The second-order valence-electron chi connectivity index (χ2n) is 5.47. The Kier molecular flexibility index (Phi) is 5.03. The van der Waals surface area contributed by atoms with Crippen molar-refractivity contribution < 1.29 is 13.6 Å². The monoisotopic (exact) mass is 385 g/mol. The molecule has 0 bridgehead atoms. The lowest BCUT2D eigenvalue weighted by atomic mass is 10.2. The molecule has 0 radical (unpaired) electrons. The molecule has 6 nitrogen and oxygen atoms in total. The van der Waals surface area contributed by atoms with Crippen LogP contribution in [0.2, 0.25) is 0 Å². The number of aromatic nitrogens is 3. The van der Waals surface area contributed by atoms with Crippen LogP contribution in [0.25, 0.3) is 11.7 Å². The van der Waals surface area contributed by atoms with Gasteiger partial charge in [0, 0.05) is 11.1 Å². The molecular weight excluding hydrogens is 370 g/mol. The van der Waals surface area contributed by atoms with Gasteiger partial charge in [0.2, 0.25) is 0 Å². The molecule has 0 saturated carbocycles. The van der Waals surface area contributed by atoms with Gasteiger partial charge in [-0.15, -0.1) is 21.5 Å². The lowest BCUT2D eigenvalue weighted by Gasteiger charge is -2.03. The molecule has 0 unspecified atom stereocenters. The first-order chi connectivity index (χ1) is 12.8. The van der Waals surface area contributed by atoms with Gasteiger partial charge in [0.25, 0.3) is 11.1 Å². The van der Waals surface area contributed by atoms with Crippen molar-refractivity contribution in [3.05, 3.63) is 64.3 Å². The van der Waals surface area contributed by atoms with Crippen LogP contribution in [0.15, 0.2) is 62.1 Å². The van der Waals surface area contributed by atoms with Crippen molar-refractivity contribution in [1.29, 1.82) is 0 Å².